The van der Waals surface area contributed by atoms with E-state index in [1.807, 2.05) is 30.3 Å². The summed E-state index contributed by atoms with van der Waals surface area (Å²) in [5.41, 5.74) is 5.61. The highest BCUT2D eigenvalue weighted by molar-refractivity contribution is 5.79. The zero-order valence-electron chi connectivity index (χ0n) is 14.7. The maximum atomic E-state index is 12.1. The largest absolute Gasteiger partial charge is 0.479 e. The summed E-state index contributed by atoms with van der Waals surface area (Å²) in [6.07, 6.45) is -1.000. The van der Waals surface area contributed by atoms with Gasteiger partial charge in [0.2, 0.25) is 0 Å². The maximum absolute atomic E-state index is 12.1. The molecule has 0 aliphatic heterocycles. The van der Waals surface area contributed by atoms with Gasteiger partial charge < -0.3 is 20.3 Å². The summed E-state index contributed by atoms with van der Waals surface area (Å²) >= 11 is 0. The van der Waals surface area contributed by atoms with Gasteiger partial charge in [0.05, 0.1) is 6.42 Å². The second-order valence-electron chi connectivity index (χ2n) is 6.38. The van der Waals surface area contributed by atoms with Crippen molar-refractivity contribution < 1.29 is 29.0 Å². The van der Waals surface area contributed by atoms with Gasteiger partial charge in [-0.05, 0) is 32.3 Å². The fraction of sp³-hybridized carbons (Fsp3) is 0.500. The van der Waals surface area contributed by atoms with Crippen LogP contribution in [0.4, 0.5) is 0 Å². The average molecular weight is 351 g/mol. The van der Waals surface area contributed by atoms with Gasteiger partial charge >= 0.3 is 17.9 Å². The molecule has 0 aliphatic carbocycles. The van der Waals surface area contributed by atoms with E-state index in [2.05, 4.69) is 0 Å². The van der Waals surface area contributed by atoms with Gasteiger partial charge in [-0.1, -0.05) is 37.3 Å². The number of benzene rings is 1. The molecule has 0 amide bonds. The summed E-state index contributed by atoms with van der Waals surface area (Å²) < 4.78 is 10.2. The molecule has 25 heavy (non-hydrogen) atoms. The molecule has 7 nitrogen and oxygen atoms in total. The van der Waals surface area contributed by atoms with Crippen LogP contribution in [0.1, 0.15) is 39.2 Å². The Hall–Kier alpha value is -2.41. The number of carbonyl (C=O) groups is 3. The molecule has 0 saturated carbocycles. The third-order valence-electron chi connectivity index (χ3n) is 3.47. The van der Waals surface area contributed by atoms with Crippen molar-refractivity contribution in [2.24, 2.45) is 5.73 Å². The Balaban J connectivity index is 2.56. The van der Waals surface area contributed by atoms with Gasteiger partial charge in [-0.15, -0.1) is 0 Å². The highest BCUT2D eigenvalue weighted by Gasteiger charge is 2.31. The molecule has 0 fully saturated rings. The molecule has 1 rings (SSSR count). The maximum Gasteiger partial charge on any atom is 0.345 e. The summed E-state index contributed by atoms with van der Waals surface area (Å²) in [6.45, 7) is 4.69. The lowest BCUT2D eigenvalue weighted by molar-refractivity contribution is -0.172. The van der Waals surface area contributed by atoms with Gasteiger partial charge in [-0.25, -0.2) is 4.79 Å². The molecule has 7 heteroatoms. The molecular formula is C18H25NO6. The number of rotatable bonds is 9. The normalized spacial score (nSPS) is 13.6. The van der Waals surface area contributed by atoms with E-state index < -0.39 is 35.7 Å². The number of carboxylic acids is 1. The second-order valence-corrected chi connectivity index (χ2v) is 6.38. The van der Waals surface area contributed by atoms with E-state index in [1.54, 1.807) is 20.8 Å². The molecule has 0 heterocycles. The summed E-state index contributed by atoms with van der Waals surface area (Å²) in [4.78, 5) is 34.9. The summed E-state index contributed by atoms with van der Waals surface area (Å²) in [7, 11) is 0. The zero-order valence-corrected chi connectivity index (χ0v) is 14.7. The standard InChI is InChI=1S/C18H25NO6/c1-4-14(16(21)22)24-15(20)11-18(2,3)25-17(23)13(19)10-12-8-6-5-7-9-12/h5-9,13-14H,4,10-11,19H2,1-3H3,(H,21,22)/t13-,14?/m0/s1. The smallest absolute Gasteiger partial charge is 0.345 e. The highest BCUT2D eigenvalue weighted by atomic mass is 16.6. The fourth-order valence-corrected chi connectivity index (χ4v) is 2.19. The van der Waals surface area contributed by atoms with Crippen LogP contribution in [-0.4, -0.2) is 40.8 Å². The minimum absolute atomic E-state index is 0.156. The first kappa shape index (κ1) is 20.6. The first-order valence-corrected chi connectivity index (χ1v) is 8.09. The number of ether oxygens (including phenoxy) is 2. The first-order valence-electron chi connectivity index (χ1n) is 8.09. The van der Waals surface area contributed by atoms with Crippen LogP contribution in [0.5, 0.6) is 0 Å². The number of aliphatic carboxylic acids is 1. The molecule has 0 bridgehead atoms. The van der Waals surface area contributed by atoms with Gasteiger partial charge in [-0.2, -0.15) is 0 Å². The fourth-order valence-electron chi connectivity index (χ4n) is 2.19. The van der Waals surface area contributed by atoms with Gasteiger partial charge in [0, 0.05) is 0 Å². The quantitative estimate of drug-likeness (QED) is 0.650. The van der Waals surface area contributed by atoms with Crippen molar-refractivity contribution in [2.75, 3.05) is 0 Å². The van der Waals surface area contributed by atoms with E-state index in [0.29, 0.717) is 6.42 Å². The monoisotopic (exact) mass is 351 g/mol. The third kappa shape index (κ3) is 7.34. The van der Waals surface area contributed by atoms with Crippen molar-refractivity contribution in [3.63, 3.8) is 0 Å². The number of carboxylic acid groups (broad SMARTS) is 1. The van der Waals surface area contributed by atoms with Crippen molar-refractivity contribution in [1.82, 2.24) is 0 Å². The highest BCUT2D eigenvalue weighted by Crippen LogP contribution is 2.18. The molecule has 0 saturated heterocycles. The van der Waals surface area contributed by atoms with E-state index >= 15 is 0 Å². The molecule has 2 atom stereocenters. The molecule has 0 spiro atoms. The number of hydrogen-bond donors (Lipinski definition) is 2. The van der Waals surface area contributed by atoms with Crippen LogP contribution in [0.15, 0.2) is 30.3 Å². The van der Waals surface area contributed by atoms with Crippen LogP contribution in [-0.2, 0) is 30.3 Å². The van der Waals surface area contributed by atoms with Crippen molar-refractivity contribution >= 4 is 17.9 Å². The predicted molar refractivity (Wildman–Crippen MR) is 90.7 cm³/mol. The SMILES string of the molecule is CCC(OC(=O)CC(C)(C)OC(=O)[C@@H](N)Cc1ccccc1)C(=O)O. The zero-order chi connectivity index (χ0) is 19.0. The number of hydrogen-bond acceptors (Lipinski definition) is 6. The number of nitrogens with two attached hydrogens (primary N) is 1. The molecule has 3 N–H and O–H groups in total. The van der Waals surface area contributed by atoms with Gasteiger partial charge in [0.25, 0.3) is 0 Å². The van der Waals surface area contributed by atoms with E-state index in [4.69, 9.17) is 20.3 Å². The Morgan fingerprint density at radius 1 is 1.20 bits per heavy atom. The molecule has 0 aromatic heterocycles. The van der Waals surface area contributed by atoms with E-state index in [1.165, 1.54) is 0 Å². The van der Waals surface area contributed by atoms with Gasteiger partial charge in [0.15, 0.2) is 6.10 Å². The molecule has 138 valence electrons. The van der Waals surface area contributed by atoms with Crippen molar-refractivity contribution in [2.45, 2.75) is 57.8 Å². The average Bonchev–Trinajstić information content (AvgIpc) is 2.52. The molecule has 1 aromatic carbocycles. The van der Waals surface area contributed by atoms with Crippen molar-refractivity contribution in [3.05, 3.63) is 35.9 Å². The van der Waals surface area contributed by atoms with E-state index in [9.17, 15) is 14.4 Å². The summed E-state index contributed by atoms with van der Waals surface area (Å²) in [6, 6.07) is 8.40. The lowest BCUT2D eigenvalue weighted by Crippen LogP contribution is -2.41. The minimum Gasteiger partial charge on any atom is -0.479 e. The summed E-state index contributed by atoms with van der Waals surface area (Å²) in [5, 5.41) is 8.90. The third-order valence-corrected chi connectivity index (χ3v) is 3.47. The Bertz CT molecular complexity index is 599. The number of carbonyl (C=O) groups excluding carboxylic acids is 2. The number of esters is 2. The lowest BCUT2D eigenvalue weighted by Gasteiger charge is -2.26. The molecule has 1 unspecified atom stereocenters. The topological polar surface area (TPSA) is 116 Å². The Labute approximate surface area is 147 Å². The van der Waals surface area contributed by atoms with E-state index in [0.717, 1.165) is 5.56 Å². The van der Waals surface area contributed by atoms with E-state index in [-0.39, 0.29) is 12.8 Å². The van der Waals surface area contributed by atoms with Gasteiger partial charge in [-0.3, -0.25) is 9.59 Å². The second kappa shape index (κ2) is 9.17. The van der Waals surface area contributed by atoms with Gasteiger partial charge in [0.1, 0.15) is 11.6 Å². The Morgan fingerprint density at radius 3 is 2.32 bits per heavy atom. The molecule has 0 radical (unpaired) electrons. The first-order chi connectivity index (χ1) is 11.6. The lowest BCUT2D eigenvalue weighted by atomic mass is 10.0. The minimum atomic E-state index is -1.21. The van der Waals surface area contributed by atoms with Crippen LogP contribution in [0, 0.1) is 0 Å². The Kier molecular flexibility index (Phi) is 7.57. The van der Waals surface area contributed by atoms with Crippen LogP contribution < -0.4 is 5.73 Å². The Morgan fingerprint density at radius 2 is 1.80 bits per heavy atom. The van der Waals surface area contributed by atoms with Crippen LogP contribution in [0.25, 0.3) is 0 Å². The van der Waals surface area contributed by atoms with Crippen molar-refractivity contribution in [3.8, 4) is 0 Å². The predicted octanol–water partition coefficient (Wildman–Crippen LogP) is 1.67. The summed E-state index contributed by atoms with van der Waals surface area (Å²) in [5.74, 6) is -2.59. The molecule has 0 aliphatic rings. The van der Waals surface area contributed by atoms with Crippen LogP contribution >= 0.6 is 0 Å². The van der Waals surface area contributed by atoms with Crippen LogP contribution in [0.3, 0.4) is 0 Å². The molecular weight excluding hydrogens is 326 g/mol. The van der Waals surface area contributed by atoms with Crippen LogP contribution in [0.2, 0.25) is 0 Å². The van der Waals surface area contributed by atoms with Crippen molar-refractivity contribution in [1.29, 1.82) is 0 Å². The molecule has 1 aromatic rings.